The van der Waals surface area contributed by atoms with Gasteiger partial charge in [0.25, 0.3) is 6.26 Å². The van der Waals surface area contributed by atoms with Crippen LogP contribution < -0.4 is 4.74 Å². The van der Waals surface area contributed by atoms with Crippen LogP contribution in [0.15, 0.2) is 24.3 Å². The maximum Gasteiger partial charge on any atom is 0.292 e. The van der Waals surface area contributed by atoms with Gasteiger partial charge in [-0.2, -0.15) is 0 Å². The van der Waals surface area contributed by atoms with Crippen LogP contribution in [0.2, 0.25) is 0 Å². The predicted octanol–water partition coefficient (Wildman–Crippen LogP) is 3.53. The van der Waals surface area contributed by atoms with Crippen molar-refractivity contribution in [3.8, 4) is 12.0 Å². The van der Waals surface area contributed by atoms with E-state index in [-0.39, 0.29) is 0 Å². The van der Waals surface area contributed by atoms with E-state index in [1.165, 1.54) is 5.56 Å². The smallest absolute Gasteiger partial charge is 0.292 e. The molecule has 1 rings (SSSR count). The summed E-state index contributed by atoms with van der Waals surface area (Å²) in [5, 5.41) is 8.33. The number of aryl methyl sites for hydroxylation is 1. The molecule has 1 aromatic carbocycles. The van der Waals surface area contributed by atoms with Crippen molar-refractivity contribution in [2.24, 2.45) is 5.41 Å². The summed E-state index contributed by atoms with van der Waals surface area (Å²) in [6, 6.07) is 7.69. The van der Waals surface area contributed by atoms with E-state index in [4.69, 9.17) is 10.00 Å². The number of benzene rings is 1. The maximum absolute atomic E-state index is 8.33. The molecule has 0 amide bonds. The van der Waals surface area contributed by atoms with Gasteiger partial charge in [-0.05, 0) is 36.0 Å². The van der Waals surface area contributed by atoms with Gasteiger partial charge in [0, 0.05) is 0 Å². The molecular formula is C13H17NO. The Balaban J connectivity index is 2.54. The van der Waals surface area contributed by atoms with Gasteiger partial charge >= 0.3 is 0 Å². The molecule has 0 aliphatic rings. The minimum atomic E-state index is 0.363. The monoisotopic (exact) mass is 203 g/mol. The van der Waals surface area contributed by atoms with Crippen LogP contribution in [0, 0.1) is 16.9 Å². The number of nitriles is 1. The van der Waals surface area contributed by atoms with Gasteiger partial charge in [0.15, 0.2) is 0 Å². The summed E-state index contributed by atoms with van der Waals surface area (Å²) in [5.41, 5.74) is 1.65. The minimum Gasteiger partial charge on any atom is -0.388 e. The first-order valence-corrected chi connectivity index (χ1v) is 5.16. The molecule has 0 saturated carbocycles. The lowest BCUT2D eigenvalue weighted by molar-refractivity contribution is 0.378. The number of nitrogens with zero attached hydrogens (tertiary/aromatic N) is 1. The number of rotatable bonds is 3. The lowest BCUT2D eigenvalue weighted by atomic mass is 9.89. The van der Waals surface area contributed by atoms with E-state index in [1.54, 1.807) is 6.26 Å². The van der Waals surface area contributed by atoms with E-state index in [2.05, 4.69) is 20.8 Å². The Kier molecular flexibility index (Phi) is 3.74. The SMILES string of the molecule is CC(C)(C)CCc1ccc(OC#N)cc1. The van der Waals surface area contributed by atoms with Crippen LogP contribution in [0.4, 0.5) is 0 Å². The molecule has 0 saturated heterocycles. The van der Waals surface area contributed by atoms with Crippen LogP contribution >= 0.6 is 0 Å². The van der Waals surface area contributed by atoms with E-state index >= 15 is 0 Å². The zero-order chi connectivity index (χ0) is 11.3. The van der Waals surface area contributed by atoms with Crippen molar-refractivity contribution in [3.05, 3.63) is 29.8 Å². The highest BCUT2D eigenvalue weighted by atomic mass is 16.5. The zero-order valence-corrected chi connectivity index (χ0v) is 9.58. The third-order valence-electron chi connectivity index (χ3n) is 2.25. The van der Waals surface area contributed by atoms with Gasteiger partial charge in [0.2, 0.25) is 0 Å². The van der Waals surface area contributed by atoms with Gasteiger partial charge in [-0.1, -0.05) is 32.9 Å². The largest absolute Gasteiger partial charge is 0.388 e. The summed E-state index contributed by atoms with van der Waals surface area (Å²) in [6.07, 6.45) is 3.88. The van der Waals surface area contributed by atoms with Crippen LogP contribution in [0.25, 0.3) is 0 Å². The van der Waals surface area contributed by atoms with E-state index < -0.39 is 0 Å². The average molecular weight is 203 g/mol. The van der Waals surface area contributed by atoms with Crippen molar-refractivity contribution in [1.29, 1.82) is 5.26 Å². The second kappa shape index (κ2) is 4.84. The van der Waals surface area contributed by atoms with E-state index in [0.29, 0.717) is 11.2 Å². The molecule has 2 heteroatoms. The molecule has 0 spiro atoms. The molecule has 0 heterocycles. The highest BCUT2D eigenvalue weighted by molar-refractivity contribution is 5.28. The van der Waals surface area contributed by atoms with E-state index in [0.717, 1.165) is 12.8 Å². The summed E-state index contributed by atoms with van der Waals surface area (Å²) in [5.74, 6) is 0.608. The normalized spacial score (nSPS) is 10.8. The van der Waals surface area contributed by atoms with Gasteiger partial charge in [0.1, 0.15) is 5.75 Å². The Hall–Kier alpha value is -1.49. The van der Waals surface area contributed by atoms with Gasteiger partial charge in [0.05, 0.1) is 0 Å². The van der Waals surface area contributed by atoms with Gasteiger partial charge in [-0.15, -0.1) is 5.26 Å². The van der Waals surface area contributed by atoms with Crippen LogP contribution in [-0.2, 0) is 6.42 Å². The zero-order valence-electron chi connectivity index (χ0n) is 9.58. The second-order valence-corrected chi connectivity index (χ2v) is 4.90. The van der Waals surface area contributed by atoms with Crippen LogP contribution in [0.1, 0.15) is 32.8 Å². The Morgan fingerprint density at radius 1 is 1.20 bits per heavy atom. The molecule has 0 aliphatic heterocycles. The lowest BCUT2D eigenvalue weighted by Crippen LogP contribution is -2.06. The van der Waals surface area contributed by atoms with Gasteiger partial charge < -0.3 is 4.74 Å². The molecule has 0 bridgehead atoms. The number of hydrogen-bond acceptors (Lipinski definition) is 2. The third kappa shape index (κ3) is 4.51. The van der Waals surface area contributed by atoms with Crippen molar-refractivity contribution < 1.29 is 4.74 Å². The first-order chi connectivity index (χ1) is 7.01. The molecule has 0 N–H and O–H groups in total. The quantitative estimate of drug-likeness (QED) is 0.704. The molecule has 80 valence electrons. The summed E-state index contributed by atoms with van der Waals surface area (Å²) in [4.78, 5) is 0. The first-order valence-electron chi connectivity index (χ1n) is 5.16. The predicted molar refractivity (Wildman–Crippen MR) is 60.5 cm³/mol. The van der Waals surface area contributed by atoms with Crippen molar-refractivity contribution in [1.82, 2.24) is 0 Å². The molecule has 0 aromatic heterocycles. The molecule has 0 radical (unpaired) electrons. The Morgan fingerprint density at radius 3 is 2.27 bits per heavy atom. The van der Waals surface area contributed by atoms with Crippen molar-refractivity contribution in [2.45, 2.75) is 33.6 Å². The Labute approximate surface area is 91.5 Å². The fraction of sp³-hybridized carbons (Fsp3) is 0.462. The maximum atomic E-state index is 8.33. The van der Waals surface area contributed by atoms with Crippen molar-refractivity contribution in [2.75, 3.05) is 0 Å². The summed E-state index contributed by atoms with van der Waals surface area (Å²) in [7, 11) is 0. The van der Waals surface area contributed by atoms with E-state index in [1.807, 2.05) is 24.3 Å². The van der Waals surface area contributed by atoms with Crippen LogP contribution in [0.5, 0.6) is 5.75 Å². The molecular weight excluding hydrogens is 186 g/mol. The fourth-order valence-electron chi connectivity index (χ4n) is 1.30. The second-order valence-electron chi connectivity index (χ2n) is 4.90. The molecule has 2 nitrogen and oxygen atoms in total. The van der Waals surface area contributed by atoms with E-state index in [9.17, 15) is 0 Å². The standard InChI is InChI=1S/C13H17NO/c1-13(2,3)9-8-11-4-6-12(7-5-11)15-10-14/h4-7H,8-9H2,1-3H3. The fourth-order valence-corrected chi connectivity index (χ4v) is 1.30. The molecule has 1 aromatic rings. The lowest BCUT2D eigenvalue weighted by Gasteiger charge is -2.17. The molecule has 0 aliphatic carbocycles. The molecule has 0 atom stereocenters. The average Bonchev–Trinajstić information content (AvgIpc) is 2.16. The Bertz CT molecular complexity index is 340. The summed E-state index contributed by atoms with van der Waals surface area (Å²) in [6.45, 7) is 6.71. The van der Waals surface area contributed by atoms with Crippen LogP contribution in [-0.4, -0.2) is 0 Å². The topological polar surface area (TPSA) is 33.0 Å². The van der Waals surface area contributed by atoms with Gasteiger partial charge in [-0.25, -0.2) is 0 Å². The van der Waals surface area contributed by atoms with Crippen LogP contribution in [0.3, 0.4) is 0 Å². The molecule has 0 fully saturated rings. The minimum absolute atomic E-state index is 0.363. The number of ether oxygens (including phenoxy) is 1. The number of hydrogen-bond donors (Lipinski definition) is 0. The van der Waals surface area contributed by atoms with Crippen molar-refractivity contribution >= 4 is 0 Å². The summed E-state index contributed by atoms with van der Waals surface area (Å²) >= 11 is 0. The highest BCUT2D eigenvalue weighted by Gasteiger charge is 2.09. The third-order valence-corrected chi connectivity index (χ3v) is 2.25. The first kappa shape index (κ1) is 11.6. The molecule has 0 unspecified atom stereocenters. The van der Waals surface area contributed by atoms with Gasteiger partial charge in [-0.3, -0.25) is 0 Å². The molecule has 15 heavy (non-hydrogen) atoms. The van der Waals surface area contributed by atoms with Crippen molar-refractivity contribution in [3.63, 3.8) is 0 Å². The summed E-state index contributed by atoms with van der Waals surface area (Å²) < 4.78 is 4.71. The Morgan fingerprint density at radius 2 is 1.80 bits per heavy atom. The highest BCUT2D eigenvalue weighted by Crippen LogP contribution is 2.22.